The van der Waals surface area contributed by atoms with Crippen LogP contribution in [0.3, 0.4) is 0 Å². The van der Waals surface area contributed by atoms with Crippen molar-refractivity contribution >= 4 is 0 Å². The van der Waals surface area contributed by atoms with Crippen molar-refractivity contribution in [2.24, 2.45) is 0 Å². The van der Waals surface area contributed by atoms with E-state index in [2.05, 4.69) is 4.74 Å². The summed E-state index contributed by atoms with van der Waals surface area (Å²) in [6, 6.07) is 3.04. The highest BCUT2D eigenvalue weighted by Gasteiger charge is 2.45. The molecule has 1 aromatic carbocycles. The third-order valence-electron chi connectivity index (χ3n) is 1.75. The number of benzene rings is 1. The molecule has 0 spiro atoms. The molecule has 1 aromatic rings. The van der Waals surface area contributed by atoms with Crippen LogP contribution in [0, 0.1) is 6.07 Å². The van der Waals surface area contributed by atoms with Crippen molar-refractivity contribution in [3.8, 4) is 5.75 Å². The summed E-state index contributed by atoms with van der Waals surface area (Å²) in [7, 11) is 0.866. The van der Waals surface area contributed by atoms with Crippen LogP contribution in [0.5, 0.6) is 5.75 Å². The smallest absolute Gasteiger partial charge is 0.420 e. The molecule has 0 unspecified atom stereocenters. The Balaban J connectivity index is 3.51. The van der Waals surface area contributed by atoms with Crippen molar-refractivity contribution in [3.63, 3.8) is 0 Å². The van der Waals surface area contributed by atoms with Gasteiger partial charge in [0.05, 0.1) is 12.7 Å². The molecule has 89 valence electrons. The van der Waals surface area contributed by atoms with E-state index in [1.165, 1.54) is 6.07 Å². The molecule has 0 aromatic heterocycles. The highest BCUT2D eigenvalue weighted by Crippen LogP contribution is 2.44. The first kappa shape index (κ1) is 12.7. The second-order valence-corrected chi connectivity index (χ2v) is 2.79. The Labute approximate surface area is 86.6 Å². The van der Waals surface area contributed by atoms with E-state index in [0.717, 1.165) is 19.2 Å². The van der Waals surface area contributed by atoms with Gasteiger partial charge < -0.3 is 4.74 Å². The number of rotatable bonds is 1. The number of ether oxygens (including phenoxy) is 1. The molecule has 0 fully saturated rings. The molecular weight excluding hydrogens is 238 g/mol. The van der Waals surface area contributed by atoms with E-state index >= 15 is 0 Å². The molecule has 0 saturated heterocycles. The molecule has 0 bridgehead atoms. The van der Waals surface area contributed by atoms with Gasteiger partial charge >= 0.3 is 12.4 Å². The zero-order chi connectivity index (χ0) is 12.6. The molecule has 0 aliphatic heterocycles. The molecule has 0 saturated carbocycles. The van der Waals surface area contributed by atoms with Gasteiger partial charge in [-0.2, -0.15) is 26.3 Å². The van der Waals surface area contributed by atoms with Gasteiger partial charge in [-0.1, -0.05) is 6.07 Å². The van der Waals surface area contributed by atoms with Gasteiger partial charge in [0, 0.05) is 0 Å². The van der Waals surface area contributed by atoms with E-state index in [9.17, 15) is 26.3 Å². The summed E-state index contributed by atoms with van der Waals surface area (Å²) in [6.45, 7) is 0. The second-order valence-electron chi connectivity index (χ2n) is 2.79. The van der Waals surface area contributed by atoms with E-state index in [1.54, 1.807) is 0 Å². The van der Waals surface area contributed by atoms with Gasteiger partial charge in [-0.05, 0) is 12.1 Å². The Morgan fingerprint density at radius 1 is 1.06 bits per heavy atom. The largest absolute Gasteiger partial charge is 0.496 e. The normalized spacial score (nSPS) is 12.7. The third-order valence-corrected chi connectivity index (χ3v) is 1.75. The molecule has 1 rings (SSSR count). The van der Waals surface area contributed by atoms with Crippen molar-refractivity contribution in [2.75, 3.05) is 7.11 Å². The van der Waals surface area contributed by atoms with Crippen LogP contribution < -0.4 is 4.74 Å². The van der Waals surface area contributed by atoms with Crippen LogP contribution in [-0.2, 0) is 12.4 Å². The molecule has 0 N–H and O–H groups in total. The van der Waals surface area contributed by atoms with Crippen LogP contribution in [-0.4, -0.2) is 7.11 Å². The van der Waals surface area contributed by atoms with E-state index < -0.39 is 29.2 Å². The van der Waals surface area contributed by atoms with Gasteiger partial charge in [0.2, 0.25) is 0 Å². The summed E-state index contributed by atoms with van der Waals surface area (Å²) in [5.74, 6) is -0.876. The maximum atomic E-state index is 12.4. The summed E-state index contributed by atoms with van der Waals surface area (Å²) >= 11 is 0. The monoisotopic (exact) mass is 243 g/mol. The molecule has 0 aliphatic carbocycles. The van der Waals surface area contributed by atoms with Crippen LogP contribution in [0.2, 0.25) is 0 Å². The SMILES string of the molecule is COc1cc[c]c(C(F)(F)F)c1C(F)(F)F. The van der Waals surface area contributed by atoms with E-state index in [4.69, 9.17) is 0 Å². The summed E-state index contributed by atoms with van der Waals surface area (Å²) in [4.78, 5) is 0. The minimum Gasteiger partial charge on any atom is -0.496 e. The van der Waals surface area contributed by atoms with Crippen molar-refractivity contribution in [1.82, 2.24) is 0 Å². The summed E-state index contributed by atoms with van der Waals surface area (Å²) < 4.78 is 78.5. The van der Waals surface area contributed by atoms with Crippen molar-refractivity contribution in [2.45, 2.75) is 12.4 Å². The van der Waals surface area contributed by atoms with E-state index in [-0.39, 0.29) is 0 Å². The predicted molar refractivity (Wildman–Crippen MR) is 41.8 cm³/mol. The Kier molecular flexibility index (Phi) is 3.07. The van der Waals surface area contributed by atoms with E-state index in [1.807, 2.05) is 0 Å². The van der Waals surface area contributed by atoms with Crippen molar-refractivity contribution in [3.05, 3.63) is 29.3 Å². The quantitative estimate of drug-likeness (QED) is 0.685. The fourth-order valence-corrected chi connectivity index (χ4v) is 1.15. The molecule has 7 heteroatoms. The zero-order valence-electron chi connectivity index (χ0n) is 7.83. The van der Waals surface area contributed by atoms with Crippen LogP contribution in [0.15, 0.2) is 12.1 Å². The molecule has 16 heavy (non-hydrogen) atoms. The van der Waals surface area contributed by atoms with Gasteiger partial charge in [-0.15, -0.1) is 0 Å². The average molecular weight is 243 g/mol. The number of halogens is 6. The number of hydrogen-bond acceptors (Lipinski definition) is 1. The Hall–Kier alpha value is -1.40. The fourth-order valence-electron chi connectivity index (χ4n) is 1.15. The summed E-state index contributed by atoms with van der Waals surface area (Å²) in [6.07, 6.45) is -10.3. The minimum atomic E-state index is -5.14. The zero-order valence-corrected chi connectivity index (χ0v) is 7.83. The topological polar surface area (TPSA) is 9.23 Å². The predicted octanol–water partition coefficient (Wildman–Crippen LogP) is 3.53. The minimum absolute atomic E-state index is 0.733. The summed E-state index contributed by atoms with van der Waals surface area (Å²) in [5.41, 5.74) is -3.73. The van der Waals surface area contributed by atoms with Gasteiger partial charge in [0.1, 0.15) is 11.3 Å². The number of methoxy groups -OCH3 is 1. The lowest BCUT2D eigenvalue weighted by molar-refractivity contribution is -0.163. The Morgan fingerprint density at radius 3 is 2.00 bits per heavy atom. The van der Waals surface area contributed by atoms with Gasteiger partial charge in [0.25, 0.3) is 0 Å². The fraction of sp³-hybridized carbons (Fsp3) is 0.333. The molecular formula is C9H5F6O. The van der Waals surface area contributed by atoms with Gasteiger partial charge in [-0.25, -0.2) is 0 Å². The van der Waals surface area contributed by atoms with Crippen molar-refractivity contribution in [1.29, 1.82) is 0 Å². The first-order valence-electron chi connectivity index (χ1n) is 3.91. The lowest BCUT2D eigenvalue weighted by Gasteiger charge is -2.17. The lowest BCUT2D eigenvalue weighted by Crippen LogP contribution is -2.17. The van der Waals surface area contributed by atoms with Crippen LogP contribution >= 0.6 is 0 Å². The van der Waals surface area contributed by atoms with Gasteiger partial charge in [0.15, 0.2) is 0 Å². The third kappa shape index (κ3) is 2.40. The molecule has 1 nitrogen and oxygen atoms in total. The molecule has 0 aliphatic rings. The Morgan fingerprint density at radius 2 is 1.62 bits per heavy atom. The first-order valence-corrected chi connectivity index (χ1v) is 3.91. The van der Waals surface area contributed by atoms with E-state index in [0.29, 0.717) is 0 Å². The molecule has 0 atom stereocenters. The van der Waals surface area contributed by atoms with Crippen LogP contribution in [0.1, 0.15) is 11.1 Å². The van der Waals surface area contributed by atoms with Gasteiger partial charge in [-0.3, -0.25) is 0 Å². The molecule has 0 amide bonds. The molecule has 0 heterocycles. The Bertz CT molecular complexity index is 379. The maximum Gasteiger partial charge on any atom is 0.420 e. The standard InChI is InChI=1S/C9H5F6O/c1-16-6-4-2-3-5(8(10,11)12)7(6)9(13,14)15/h2,4H,1H3. The van der Waals surface area contributed by atoms with Crippen LogP contribution in [0.4, 0.5) is 26.3 Å². The number of alkyl halides is 6. The molecule has 1 radical (unpaired) electrons. The highest BCUT2D eigenvalue weighted by molar-refractivity contribution is 5.43. The lowest BCUT2D eigenvalue weighted by atomic mass is 10.1. The first-order chi connectivity index (χ1) is 7.18. The summed E-state index contributed by atoms with van der Waals surface area (Å²) in [5, 5.41) is 0. The second kappa shape index (κ2) is 3.88. The number of hydrogen-bond donors (Lipinski definition) is 0. The average Bonchev–Trinajstić information content (AvgIpc) is 2.13. The maximum absolute atomic E-state index is 12.4. The van der Waals surface area contributed by atoms with Crippen LogP contribution in [0.25, 0.3) is 0 Å². The van der Waals surface area contributed by atoms with Crippen molar-refractivity contribution < 1.29 is 31.1 Å². The highest BCUT2D eigenvalue weighted by atomic mass is 19.4.